The average molecular weight is 624 g/mol. The van der Waals surface area contributed by atoms with Gasteiger partial charge >= 0.3 is 0 Å². The molecule has 0 saturated carbocycles. The van der Waals surface area contributed by atoms with Crippen LogP contribution in [0.1, 0.15) is 0 Å². The summed E-state index contributed by atoms with van der Waals surface area (Å²) in [6, 6.07) is 72.4. The van der Waals surface area contributed by atoms with E-state index in [0.717, 1.165) is 17.1 Å². The number of rotatable bonds is 6. The average Bonchev–Trinajstić information content (AvgIpc) is 3.18. The van der Waals surface area contributed by atoms with Crippen molar-refractivity contribution in [3.8, 4) is 33.4 Å². The number of fused-ring (bicyclic) bond motifs is 4. The molecule has 0 saturated heterocycles. The summed E-state index contributed by atoms with van der Waals surface area (Å²) in [4.78, 5) is 2.37. The molecule has 0 unspecified atom stereocenters. The SMILES string of the molecule is c1ccc(N(c2ccc(-c3ccc4c(ccc5ccccc54)c3)cc2)c2ccccc2-c2cccc(-c3cccc4ccccc34)c2)cc1. The monoisotopic (exact) mass is 623 g/mol. The molecule has 0 atom stereocenters. The van der Waals surface area contributed by atoms with Gasteiger partial charge < -0.3 is 4.90 Å². The van der Waals surface area contributed by atoms with Gasteiger partial charge in [0.2, 0.25) is 0 Å². The van der Waals surface area contributed by atoms with Crippen molar-refractivity contribution >= 4 is 49.4 Å². The van der Waals surface area contributed by atoms with E-state index in [0.29, 0.717) is 0 Å². The van der Waals surface area contributed by atoms with Gasteiger partial charge in [0, 0.05) is 16.9 Å². The minimum Gasteiger partial charge on any atom is -0.310 e. The van der Waals surface area contributed by atoms with Crippen molar-refractivity contribution in [1.29, 1.82) is 0 Å². The van der Waals surface area contributed by atoms with E-state index >= 15 is 0 Å². The molecule has 0 heterocycles. The van der Waals surface area contributed by atoms with E-state index in [1.54, 1.807) is 0 Å². The van der Waals surface area contributed by atoms with Gasteiger partial charge in [-0.15, -0.1) is 0 Å². The second-order valence-corrected chi connectivity index (χ2v) is 12.6. The van der Waals surface area contributed by atoms with Gasteiger partial charge in [-0.1, -0.05) is 158 Å². The molecule has 0 radical (unpaired) electrons. The molecule has 0 aliphatic rings. The molecule has 230 valence electrons. The maximum Gasteiger partial charge on any atom is 0.0540 e. The first-order chi connectivity index (χ1) is 24.3. The fourth-order valence-electron chi connectivity index (χ4n) is 7.24. The summed E-state index contributed by atoms with van der Waals surface area (Å²) in [5.41, 5.74) is 10.6. The van der Waals surface area contributed by atoms with Crippen LogP contribution in [0.4, 0.5) is 17.1 Å². The molecule has 0 bridgehead atoms. The number of hydrogen-bond donors (Lipinski definition) is 0. The molecule has 9 aromatic rings. The van der Waals surface area contributed by atoms with Crippen molar-refractivity contribution in [3.63, 3.8) is 0 Å². The molecule has 0 N–H and O–H groups in total. The predicted molar refractivity (Wildman–Crippen MR) is 210 cm³/mol. The highest BCUT2D eigenvalue weighted by atomic mass is 15.1. The Morgan fingerprint density at radius 2 is 0.816 bits per heavy atom. The van der Waals surface area contributed by atoms with Crippen LogP contribution in [-0.4, -0.2) is 0 Å². The lowest BCUT2D eigenvalue weighted by Crippen LogP contribution is -2.11. The van der Waals surface area contributed by atoms with Gasteiger partial charge in [0.15, 0.2) is 0 Å². The quantitative estimate of drug-likeness (QED) is 0.167. The smallest absolute Gasteiger partial charge is 0.0540 e. The lowest BCUT2D eigenvalue weighted by atomic mass is 9.94. The lowest BCUT2D eigenvalue weighted by molar-refractivity contribution is 1.28. The molecule has 0 aliphatic carbocycles. The zero-order valence-electron chi connectivity index (χ0n) is 27.0. The Bertz CT molecular complexity index is 2590. The Morgan fingerprint density at radius 3 is 1.65 bits per heavy atom. The first-order valence-corrected chi connectivity index (χ1v) is 16.8. The summed E-state index contributed by atoms with van der Waals surface area (Å²) >= 11 is 0. The highest BCUT2D eigenvalue weighted by Crippen LogP contribution is 2.42. The van der Waals surface area contributed by atoms with Crippen LogP contribution in [0.15, 0.2) is 200 Å². The molecule has 1 nitrogen and oxygen atoms in total. The van der Waals surface area contributed by atoms with Crippen LogP contribution in [0, 0.1) is 0 Å². The Labute approximate surface area is 287 Å². The molecule has 9 aromatic carbocycles. The van der Waals surface area contributed by atoms with Gasteiger partial charge in [-0.25, -0.2) is 0 Å². The first-order valence-electron chi connectivity index (χ1n) is 16.8. The third kappa shape index (κ3) is 5.32. The summed E-state index contributed by atoms with van der Waals surface area (Å²) in [7, 11) is 0. The molecule has 0 aromatic heterocycles. The fourth-order valence-corrected chi connectivity index (χ4v) is 7.24. The first kappa shape index (κ1) is 28.8. The number of anilines is 3. The van der Waals surface area contributed by atoms with Crippen LogP contribution in [0.3, 0.4) is 0 Å². The van der Waals surface area contributed by atoms with Gasteiger partial charge in [0.05, 0.1) is 5.69 Å². The van der Waals surface area contributed by atoms with Crippen molar-refractivity contribution < 1.29 is 0 Å². The standard InChI is InChI=1S/C48H33N/c1-2-17-41(18-3-1)49(42-29-26-34(27-30-42)37-28-31-46-40(32-37)25-24-36-13-5-7-20-44(36)46)48-23-9-8-21-47(48)39-16-10-15-38(33-39)45-22-11-14-35-12-4-6-19-43(35)45/h1-33H. The highest BCUT2D eigenvalue weighted by Gasteiger charge is 2.18. The number of para-hydroxylation sites is 2. The Kier molecular flexibility index (Phi) is 7.22. The molecule has 0 amide bonds. The molecular formula is C48H33N. The largest absolute Gasteiger partial charge is 0.310 e. The zero-order valence-corrected chi connectivity index (χ0v) is 27.0. The second-order valence-electron chi connectivity index (χ2n) is 12.6. The third-order valence-electron chi connectivity index (χ3n) is 9.64. The third-order valence-corrected chi connectivity index (χ3v) is 9.64. The Hall–Kier alpha value is -6.44. The molecule has 0 fully saturated rings. The Morgan fingerprint density at radius 1 is 0.265 bits per heavy atom. The minimum absolute atomic E-state index is 1.11. The molecule has 49 heavy (non-hydrogen) atoms. The van der Waals surface area contributed by atoms with Crippen LogP contribution in [-0.2, 0) is 0 Å². The van der Waals surface area contributed by atoms with Crippen molar-refractivity contribution in [1.82, 2.24) is 0 Å². The molecule has 0 aliphatic heterocycles. The number of hydrogen-bond acceptors (Lipinski definition) is 1. The van der Waals surface area contributed by atoms with E-state index in [-0.39, 0.29) is 0 Å². The number of nitrogens with zero attached hydrogens (tertiary/aromatic N) is 1. The van der Waals surface area contributed by atoms with Crippen LogP contribution < -0.4 is 4.90 Å². The lowest BCUT2D eigenvalue weighted by Gasteiger charge is -2.28. The van der Waals surface area contributed by atoms with E-state index < -0.39 is 0 Å². The Balaban J connectivity index is 1.12. The maximum absolute atomic E-state index is 2.37. The summed E-state index contributed by atoms with van der Waals surface area (Å²) in [5.74, 6) is 0. The number of benzene rings is 9. The highest BCUT2D eigenvalue weighted by molar-refractivity contribution is 6.08. The van der Waals surface area contributed by atoms with Gasteiger partial charge in [0.1, 0.15) is 0 Å². The van der Waals surface area contributed by atoms with Gasteiger partial charge in [-0.2, -0.15) is 0 Å². The summed E-state index contributed by atoms with van der Waals surface area (Å²) in [5, 5.41) is 7.62. The second kappa shape index (κ2) is 12.3. The zero-order chi connectivity index (χ0) is 32.6. The van der Waals surface area contributed by atoms with Gasteiger partial charge in [-0.05, 0) is 103 Å². The molecular weight excluding hydrogens is 591 g/mol. The van der Waals surface area contributed by atoms with Crippen molar-refractivity contribution in [2.24, 2.45) is 0 Å². The predicted octanol–water partition coefficient (Wildman–Crippen LogP) is 13.6. The van der Waals surface area contributed by atoms with Crippen LogP contribution in [0.25, 0.3) is 65.7 Å². The van der Waals surface area contributed by atoms with E-state index in [2.05, 4.69) is 205 Å². The van der Waals surface area contributed by atoms with E-state index in [1.807, 2.05) is 0 Å². The van der Waals surface area contributed by atoms with Crippen molar-refractivity contribution in [2.45, 2.75) is 0 Å². The maximum atomic E-state index is 2.37. The van der Waals surface area contributed by atoms with Crippen LogP contribution in [0.5, 0.6) is 0 Å². The summed E-state index contributed by atoms with van der Waals surface area (Å²) < 4.78 is 0. The van der Waals surface area contributed by atoms with Crippen LogP contribution in [0.2, 0.25) is 0 Å². The van der Waals surface area contributed by atoms with Crippen molar-refractivity contribution in [3.05, 3.63) is 200 Å². The molecule has 9 rings (SSSR count). The van der Waals surface area contributed by atoms with Gasteiger partial charge in [-0.3, -0.25) is 0 Å². The molecule has 1 heteroatoms. The topological polar surface area (TPSA) is 3.24 Å². The van der Waals surface area contributed by atoms with Gasteiger partial charge in [0.25, 0.3) is 0 Å². The van der Waals surface area contributed by atoms with E-state index in [4.69, 9.17) is 0 Å². The molecule has 0 spiro atoms. The van der Waals surface area contributed by atoms with Crippen molar-refractivity contribution in [2.75, 3.05) is 4.90 Å². The summed E-state index contributed by atoms with van der Waals surface area (Å²) in [6.45, 7) is 0. The fraction of sp³-hybridized carbons (Fsp3) is 0. The van der Waals surface area contributed by atoms with E-state index in [9.17, 15) is 0 Å². The van der Waals surface area contributed by atoms with Crippen LogP contribution >= 0.6 is 0 Å². The minimum atomic E-state index is 1.11. The normalized spacial score (nSPS) is 11.3. The van der Waals surface area contributed by atoms with E-state index in [1.165, 1.54) is 65.7 Å². The summed E-state index contributed by atoms with van der Waals surface area (Å²) in [6.07, 6.45) is 0.